The van der Waals surface area contributed by atoms with Crippen LogP contribution in [-0.2, 0) is 0 Å². The van der Waals surface area contributed by atoms with E-state index < -0.39 is 0 Å². The number of nitrogens with zero attached hydrogens (tertiary/aromatic N) is 2. The quantitative estimate of drug-likeness (QED) is 0.557. The molecule has 1 heterocycles. The fourth-order valence-corrected chi connectivity index (χ4v) is 0.582. The first-order valence-corrected chi connectivity index (χ1v) is 3.02. The van der Waals surface area contributed by atoms with E-state index in [0.29, 0.717) is 0 Å². The maximum atomic E-state index is 3.97. The van der Waals surface area contributed by atoms with Crippen LogP contribution >= 0.6 is 15.9 Å². The van der Waals surface area contributed by atoms with Crippen molar-refractivity contribution in [3.8, 4) is 0 Å². The summed E-state index contributed by atoms with van der Waals surface area (Å²) in [4.78, 5) is 7.90. The Labute approximate surface area is 56.1 Å². The second kappa shape index (κ2) is 2.22. The standard InChI is InChI=1S/C5H5BrN2/c1-4-2-8-5(6)3-7-4/h2-3H,1H3/i1+1. The van der Waals surface area contributed by atoms with Crippen molar-refractivity contribution in [2.75, 3.05) is 0 Å². The summed E-state index contributed by atoms with van der Waals surface area (Å²) in [7, 11) is 0. The van der Waals surface area contributed by atoms with Gasteiger partial charge in [0.15, 0.2) is 0 Å². The second-order valence-electron chi connectivity index (χ2n) is 1.48. The van der Waals surface area contributed by atoms with E-state index in [4.69, 9.17) is 0 Å². The Morgan fingerprint density at radius 1 is 1.38 bits per heavy atom. The third-order valence-corrected chi connectivity index (χ3v) is 1.16. The molecule has 0 atom stereocenters. The smallest absolute Gasteiger partial charge is 0.124 e. The molecular formula is C5H5BrN2. The fourth-order valence-electron chi connectivity index (χ4n) is 0.377. The molecule has 1 rings (SSSR count). The summed E-state index contributed by atoms with van der Waals surface area (Å²) in [6, 6.07) is 0. The van der Waals surface area contributed by atoms with Crippen molar-refractivity contribution < 1.29 is 0 Å². The van der Waals surface area contributed by atoms with E-state index in [2.05, 4.69) is 25.9 Å². The molecule has 0 radical (unpaired) electrons. The minimum absolute atomic E-state index is 0.781. The minimum atomic E-state index is 0.781. The molecule has 0 aliphatic heterocycles. The number of rotatable bonds is 0. The molecule has 0 N–H and O–H groups in total. The highest BCUT2D eigenvalue weighted by atomic mass is 79.9. The SMILES string of the molecule is [13CH3]c1cnc(Br)cn1. The van der Waals surface area contributed by atoms with Gasteiger partial charge in [-0.15, -0.1) is 0 Å². The van der Waals surface area contributed by atoms with Crippen molar-refractivity contribution in [3.63, 3.8) is 0 Å². The first-order chi connectivity index (χ1) is 3.79. The van der Waals surface area contributed by atoms with Crippen molar-refractivity contribution >= 4 is 15.9 Å². The molecule has 0 bridgehead atoms. The maximum Gasteiger partial charge on any atom is 0.124 e. The highest BCUT2D eigenvalue weighted by Crippen LogP contribution is 2.00. The molecule has 2 nitrogen and oxygen atoms in total. The molecule has 0 aliphatic carbocycles. The van der Waals surface area contributed by atoms with E-state index in [0.717, 1.165) is 10.3 Å². The molecule has 0 unspecified atom stereocenters. The van der Waals surface area contributed by atoms with Crippen molar-refractivity contribution in [1.29, 1.82) is 0 Å². The van der Waals surface area contributed by atoms with Gasteiger partial charge in [-0.1, -0.05) is 0 Å². The Balaban J connectivity index is 3.03. The highest BCUT2D eigenvalue weighted by molar-refractivity contribution is 9.10. The van der Waals surface area contributed by atoms with Crippen molar-refractivity contribution in [2.24, 2.45) is 0 Å². The number of hydrogen-bond donors (Lipinski definition) is 0. The van der Waals surface area contributed by atoms with Gasteiger partial charge in [0.1, 0.15) is 4.60 Å². The molecule has 0 spiro atoms. The van der Waals surface area contributed by atoms with Crippen LogP contribution in [0.1, 0.15) is 5.69 Å². The van der Waals surface area contributed by atoms with E-state index in [1.165, 1.54) is 0 Å². The molecule has 0 saturated carbocycles. The van der Waals surface area contributed by atoms with Crippen molar-refractivity contribution in [2.45, 2.75) is 6.92 Å². The van der Waals surface area contributed by atoms with Gasteiger partial charge in [-0.05, 0) is 22.9 Å². The lowest BCUT2D eigenvalue weighted by Crippen LogP contribution is -1.81. The summed E-state index contributed by atoms with van der Waals surface area (Å²) < 4.78 is 0.781. The lowest BCUT2D eigenvalue weighted by Gasteiger charge is -1.87. The molecule has 0 saturated heterocycles. The van der Waals surface area contributed by atoms with Gasteiger partial charge in [0.2, 0.25) is 0 Å². The predicted octanol–water partition coefficient (Wildman–Crippen LogP) is 1.55. The normalized spacial score (nSPS) is 9.25. The van der Waals surface area contributed by atoms with Gasteiger partial charge in [0.05, 0.1) is 11.9 Å². The zero-order valence-corrected chi connectivity index (χ0v) is 6.01. The maximum absolute atomic E-state index is 3.97. The second-order valence-corrected chi connectivity index (χ2v) is 2.29. The van der Waals surface area contributed by atoms with Crippen LogP contribution in [0.3, 0.4) is 0 Å². The Kier molecular flexibility index (Phi) is 1.58. The van der Waals surface area contributed by atoms with Gasteiger partial charge >= 0.3 is 0 Å². The molecular weight excluding hydrogens is 169 g/mol. The molecule has 1 aromatic heterocycles. The average Bonchev–Trinajstić information content (AvgIpc) is 1.77. The monoisotopic (exact) mass is 173 g/mol. The molecule has 0 amide bonds. The average molecular weight is 174 g/mol. The summed E-state index contributed by atoms with van der Waals surface area (Å²) in [5.74, 6) is 0. The van der Waals surface area contributed by atoms with E-state index in [1.807, 2.05) is 6.92 Å². The van der Waals surface area contributed by atoms with Crippen molar-refractivity contribution in [3.05, 3.63) is 22.7 Å². The van der Waals surface area contributed by atoms with E-state index in [9.17, 15) is 0 Å². The summed E-state index contributed by atoms with van der Waals surface area (Å²) in [5, 5.41) is 0. The molecule has 42 valence electrons. The molecule has 0 fully saturated rings. The zero-order chi connectivity index (χ0) is 5.98. The first-order valence-electron chi connectivity index (χ1n) is 2.23. The minimum Gasteiger partial charge on any atom is -0.257 e. The highest BCUT2D eigenvalue weighted by Gasteiger charge is 1.84. The van der Waals surface area contributed by atoms with Crippen LogP contribution in [0.25, 0.3) is 0 Å². The van der Waals surface area contributed by atoms with Gasteiger partial charge < -0.3 is 0 Å². The molecule has 0 aromatic carbocycles. The summed E-state index contributed by atoms with van der Waals surface area (Å²) in [5.41, 5.74) is 0.938. The topological polar surface area (TPSA) is 25.8 Å². The molecule has 8 heavy (non-hydrogen) atoms. The molecule has 3 heteroatoms. The van der Waals surface area contributed by atoms with E-state index in [1.54, 1.807) is 12.4 Å². The van der Waals surface area contributed by atoms with Crippen LogP contribution in [-0.4, -0.2) is 9.97 Å². The van der Waals surface area contributed by atoms with Gasteiger partial charge in [-0.25, -0.2) is 4.98 Å². The summed E-state index contributed by atoms with van der Waals surface area (Å²) >= 11 is 3.17. The molecule has 0 aliphatic rings. The van der Waals surface area contributed by atoms with Crippen molar-refractivity contribution in [1.82, 2.24) is 9.97 Å². The molecule has 1 aromatic rings. The largest absolute Gasteiger partial charge is 0.257 e. The Hall–Kier alpha value is -0.440. The van der Waals surface area contributed by atoms with Crippen LogP contribution in [0.5, 0.6) is 0 Å². The first kappa shape index (κ1) is 5.69. The summed E-state index contributed by atoms with van der Waals surface area (Å²) in [6.07, 6.45) is 3.39. The van der Waals surface area contributed by atoms with Gasteiger partial charge in [0, 0.05) is 6.20 Å². The summed E-state index contributed by atoms with van der Waals surface area (Å²) in [6.45, 7) is 1.90. The third-order valence-electron chi connectivity index (χ3n) is 0.749. The zero-order valence-electron chi connectivity index (χ0n) is 4.43. The van der Waals surface area contributed by atoms with Gasteiger partial charge in [-0.3, -0.25) is 4.98 Å². The van der Waals surface area contributed by atoms with Gasteiger partial charge in [-0.2, -0.15) is 0 Å². The van der Waals surface area contributed by atoms with Crippen LogP contribution in [0.2, 0.25) is 0 Å². The lowest BCUT2D eigenvalue weighted by atomic mass is 10.6. The van der Waals surface area contributed by atoms with Gasteiger partial charge in [0.25, 0.3) is 0 Å². The Bertz CT molecular complexity index is 149. The fraction of sp³-hybridized carbons (Fsp3) is 0.200. The van der Waals surface area contributed by atoms with E-state index in [-0.39, 0.29) is 0 Å². The Morgan fingerprint density at radius 3 is 2.50 bits per heavy atom. The lowest BCUT2D eigenvalue weighted by molar-refractivity contribution is 1.09. The van der Waals surface area contributed by atoms with Crippen LogP contribution in [0.15, 0.2) is 17.0 Å². The van der Waals surface area contributed by atoms with Crippen LogP contribution < -0.4 is 0 Å². The van der Waals surface area contributed by atoms with Crippen LogP contribution in [0.4, 0.5) is 0 Å². The Morgan fingerprint density at radius 2 is 2.12 bits per heavy atom. The predicted molar refractivity (Wildman–Crippen MR) is 34.5 cm³/mol. The number of hydrogen-bond acceptors (Lipinski definition) is 2. The number of aryl methyl sites for hydroxylation is 1. The van der Waals surface area contributed by atoms with Crippen LogP contribution in [0, 0.1) is 6.92 Å². The van der Waals surface area contributed by atoms with E-state index >= 15 is 0 Å². The number of halogens is 1. The third kappa shape index (κ3) is 1.26. The number of aromatic nitrogens is 2.